The molecule has 0 aliphatic rings. The van der Waals surface area contributed by atoms with E-state index in [4.69, 9.17) is 4.74 Å². The molecule has 2 unspecified atom stereocenters. The molecule has 38 heavy (non-hydrogen) atoms. The smallest absolute Gasteiger partial charge is 0.408 e. The number of unbranched alkanes of at least 4 members (excludes halogenated alkanes) is 5. The molecule has 0 spiro atoms. The van der Waals surface area contributed by atoms with Gasteiger partial charge in [-0.25, -0.2) is 4.79 Å². The van der Waals surface area contributed by atoms with Crippen molar-refractivity contribution in [2.24, 2.45) is 0 Å². The van der Waals surface area contributed by atoms with Gasteiger partial charge in [0, 0.05) is 17.8 Å². The summed E-state index contributed by atoms with van der Waals surface area (Å²) in [6, 6.07) is 4.12. The van der Waals surface area contributed by atoms with Gasteiger partial charge in [0.25, 0.3) is 0 Å². The molecule has 0 aromatic heterocycles. The topological polar surface area (TPSA) is 87.7 Å². The fraction of sp³-hybridized carbons (Fsp3) is 0.700. The lowest BCUT2D eigenvalue weighted by Gasteiger charge is -2.36. The number of carbonyl (C=O) groups excluding carboxylic acids is 3. The summed E-state index contributed by atoms with van der Waals surface area (Å²) in [6.45, 7) is 17.6. The van der Waals surface area contributed by atoms with Gasteiger partial charge in [0.05, 0.1) is 0 Å². The van der Waals surface area contributed by atoms with Gasteiger partial charge in [-0.1, -0.05) is 62.8 Å². The monoisotopic (exact) mass is 549 g/mol. The quantitative estimate of drug-likeness (QED) is 0.200. The molecule has 7 nitrogen and oxygen atoms in total. The zero-order chi connectivity index (χ0) is 29.1. The molecule has 0 fully saturated rings. The predicted octanol–water partition coefficient (Wildman–Crippen LogP) is 6.27. The minimum Gasteiger partial charge on any atom is -0.444 e. The summed E-state index contributed by atoms with van der Waals surface area (Å²) in [7, 11) is 0. The first-order valence-corrected chi connectivity index (χ1v) is 14.5. The fourth-order valence-electron chi connectivity index (χ4n) is 4.29. The number of nitrogens with zero attached hydrogens (tertiary/aromatic N) is 1. The summed E-state index contributed by atoms with van der Waals surface area (Å²) in [5, 5.41) is 5.76. The summed E-state index contributed by atoms with van der Waals surface area (Å²) in [5.41, 5.74) is 1.59. The average molecular weight is 550 g/mol. The molecule has 3 amide bonds. The van der Waals surface area contributed by atoms with Gasteiger partial charge < -0.3 is 20.3 Å². The minimum absolute atomic E-state index is 0.0750. The number of carbonyl (C=O) groups is 3. The summed E-state index contributed by atoms with van der Waals surface area (Å²) in [4.78, 5) is 42.0. The molecule has 0 radical (unpaired) electrons. The number of benzene rings is 1. The summed E-state index contributed by atoms with van der Waals surface area (Å²) in [6.07, 6.45) is 5.59. The molecule has 2 atom stereocenters. The van der Waals surface area contributed by atoms with E-state index in [1.54, 1.807) is 25.7 Å². The second-order valence-corrected chi connectivity index (χ2v) is 12.5. The number of hydrogen-bond donors (Lipinski definition) is 3. The van der Waals surface area contributed by atoms with Crippen LogP contribution in [0.1, 0.15) is 110 Å². The van der Waals surface area contributed by atoms with Crippen LogP contribution >= 0.6 is 12.6 Å². The highest BCUT2D eigenvalue weighted by atomic mass is 32.1. The lowest BCUT2D eigenvalue weighted by molar-refractivity contribution is -0.142. The van der Waals surface area contributed by atoms with Crippen LogP contribution in [0, 0.1) is 13.8 Å². The first-order valence-electron chi connectivity index (χ1n) is 13.9. The Morgan fingerprint density at radius 2 is 1.58 bits per heavy atom. The largest absolute Gasteiger partial charge is 0.444 e. The number of amides is 3. The van der Waals surface area contributed by atoms with Crippen LogP contribution in [0.15, 0.2) is 18.2 Å². The Kier molecular flexibility index (Phi) is 13.7. The zero-order valence-corrected chi connectivity index (χ0v) is 26.0. The molecule has 0 bridgehead atoms. The van der Waals surface area contributed by atoms with Gasteiger partial charge in [0.1, 0.15) is 17.7 Å². The number of thiol groups is 1. The second-order valence-electron chi connectivity index (χ2n) is 12.2. The lowest BCUT2D eigenvalue weighted by atomic mass is 9.95. The van der Waals surface area contributed by atoms with E-state index < -0.39 is 29.3 Å². The van der Waals surface area contributed by atoms with Gasteiger partial charge >= 0.3 is 6.09 Å². The van der Waals surface area contributed by atoms with Crippen LogP contribution < -0.4 is 10.6 Å². The fourth-order valence-corrected chi connectivity index (χ4v) is 4.53. The zero-order valence-electron chi connectivity index (χ0n) is 25.1. The van der Waals surface area contributed by atoms with Crippen LogP contribution in [0.25, 0.3) is 0 Å². The highest BCUT2D eigenvalue weighted by Crippen LogP contribution is 2.28. The maximum absolute atomic E-state index is 14.0. The van der Waals surface area contributed by atoms with Gasteiger partial charge in [-0.05, 0) is 72.9 Å². The molecular formula is C30H51N3O4S. The van der Waals surface area contributed by atoms with Crippen LogP contribution in [-0.2, 0) is 14.3 Å². The Morgan fingerprint density at radius 3 is 2.11 bits per heavy atom. The van der Waals surface area contributed by atoms with Crippen molar-refractivity contribution in [1.29, 1.82) is 0 Å². The van der Waals surface area contributed by atoms with Crippen molar-refractivity contribution < 1.29 is 19.1 Å². The third-order valence-corrected chi connectivity index (χ3v) is 6.35. The molecule has 1 rings (SSSR count). The number of aryl methyl sites for hydroxylation is 2. The Balaban J connectivity index is 3.44. The van der Waals surface area contributed by atoms with Gasteiger partial charge in [0.2, 0.25) is 11.8 Å². The van der Waals surface area contributed by atoms with E-state index in [0.717, 1.165) is 48.8 Å². The normalized spacial score (nSPS) is 13.4. The Bertz CT molecular complexity index is 921. The molecule has 0 aliphatic carbocycles. The first-order chi connectivity index (χ1) is 17.6. The van der Waals surface area contributed by atoms with Crippen molar-refractivity contribution in [1.82, 2.24) is 15.5 Å². The molecule has 0 saturated carbocycles. The molecule has 8 heteroatoms. The molecule has 0 heterocycles. The molecule has 1 aromatic rings. The number of hydrogen-bond acceptors (Lipinski definition) is 5. The van der Waals surface area contributed by atoms with E-state index in [1.807, 2.05) is 52.8 Å². The van der Waals surface area contributed by atoms with Gasteiger partial charge in [-0.15, -0.1) is 0 Å². The van der Waals surface area contributed by atoms with Crippen molar-refractivity contribution in [3.8, 4) is 0 Å². The van der Waals surface area contributed by atoms with Crippen molar-refractivity contribution in [2.45, 2.75) is 124 Å². The number of ether oxygens (including phenoxy) is 1. The molecule has 0 aliphatic heterocycles. The molecule has 1 aromatic carbocycles. The number of rotatable bonds is 13. The van der Waals surface area contributed by atoms with Crippen molar-refractivity contribution >= 4 is 30.5 Å². The van der Waals surface area contributed by atoms with Gasteiger partial charge in [-0.2, -0.15) is 12.6 Å². The van der Waals surface area contributed by atoms with Crippen LogP contribution in [0.4, 0.5) is 4.79 Å². The van der Waals surface area contributed by atoms with E-state index in [9.17, 15) is 14.4 Å². The summed E-state index contributed by atoms with van der Waals surface area (Å²) < 4.78 is 5.39. The van der Waals surface area contributed by atoms with Crippen molar-refractivity contribution in [3.63, 3.8) is 0 Å². The minimum atomic E-state index is -0.941. The maximum atomic E-state index is 14.0. The van der Waals surface area contributed by atoms with E-state index in [1.165, 1.54) is 6.42 Å². The molecule has 0 saturated heterocycles. The van der Waals surface area contributed by atoms with Crippen LogP contribution in [0.5, 0.6) is 0 Å². The van der Waals surface area contributed by atoms with E-state index in [0.29, 0.717) is 6.54 Å². The van der Waals surface area contributed by atoms with Crippen LogP contribution in [0.2, 0.25) is 0 Å². The van der Waals surface area contributed by atoms with E-state index >= 15 is 0 Å². The SMILES string of the molecule is CCCCCCCCN(C(=O)C(CS)NC(=O)OC(C)(C)C)C(C(=O)NC(C)(C)C)c1ccc(C)cc1C. The highest BCUT2D eigenvalue weighted by Gasteiger charge is 2.37. The standard InChI is InChI=1S/C30H51N3O4S/c1-10-11-12-13-14-15-18-33(27(35)24(20-38)31-28(36)37-30(7,8)9)25(26(34)32-29(4,5)6)23-17-16-21(2)19-22(23)3/h16-17,19,24-25,38H,10-15,18,20H2,1-9H3,(H,31,36)(H,32,34). The third kappa shape index (κ3) is 12.1. The predicted molar refractivity (Wildman–Crippen MR) is 159 cm³/mol. The van der Waals surface area contributed by atoms with Crippen LogP contribution in [-0.4, -0.2) is 52.3 Å². The molecule has 216 valence electrons. The van der Waals surface area contributed by atoms with E-state index in [2.05, 4.69) is 30.2 Å². The highest BCUT2D eigenvalue weighted by molar-refractivity contribution is 7.80. The maximum Gasteiger partial charge on any atom is 0.408 e. The molecular weight excluding hydrogens is 498 g/mol. The van der Waals surface area contributed by atoms with Crippen molar-refractivity contribution in [3.05, 3.63) is 34.9 Å². The van der Waals surface area contributed by atoms with Gasteiger partial charge in [-0.3, -0.25) is 9.59 Å². The third-order valence-electron chi connectivity index (χ3n) is 5.99. The van der Waals surface area contributed by atoms with E-state index in [-0.39, 0.29) is 17.6 Å². The van der Waals surface area contributed by atoms with Crippen LogP contribution in [0.3, 0.4) is 0 Å². The number of alkyl carbamates (subject to hydrolysis) is 1. The Labute approximate surface area is 236 Å². The second kappa shape index (κ2) is 15.4. The summed E-state index contributed by atoms with van der Waals surface area (Å²) in [5.74, 6) is -0.529. The molecule has 2 N–H and O–H groups in total. The average Bonchev–Trinajstić information content (AvgIpc) is 2.77. The van der Waals surface area contributed by atoms with Gasteiger partial charge in [0.15, 0.2) is 0 Å². The number of nitrogens with one attached hydrogen (secondary N) is 2. The Morgan fingerprint density at radius 1 is 0.974 bits per heavy atom. The first kappa shape index (κ1) is 33.8. The Hall–Kier alpha value is -2.22. The van der Waals surface area contributed by atoms with Crippen molar-refractivity contribution in [2.75, 3.05) is 12.3 Å². The summed E-state index contributed by atoms with van der Waals surface area (Å²) >= 11 is 4.38. The lowest BCUT2D eigenvalue weighted by Crippen LogP contribution is -2.55.